The lowest BCUT2D eigenvalue weighted by atomic mass is 10.0. The van der Waals surface area contributed by atoms with E-state index in [9.17, 15) is 4.79 Å². The number of esters is 1. The molecule has 0 atom stereocenters. The summed E-state index contributed by atoms with van der Waals surface area (Å²) in [7, 11) is 1.36. The highest BCUT2D eigenvalue weighted by atomic mass is 16.5. The minimum Gasteiger partial charge on any atom is -0.488 e. The van der Waals surface area contributed by atoms with Crippen LogP contribution in [0.1, 0.15) is 21.5 Å². The summed E-state index contributed by atoms with van der Waals surface area (Å²) in [5.74, 6) is 0.0826. The molecule has 0 saturated carbocycles. The van der Waals surface area contributed by atoms with Crippen LogP contribution in [0.2, 0.25) is 0 Å². The Morgan fingerprint density at radius 3 is 2.23 bits per heavy atom. The molecule has 0 aromatic heterocycles. The van der Waals surface area contributed by atoms with Crippen molar-refractivity contribution in [3.05, 3.63) is 89.5 Å². The monoisotopic (exact) mass is 347 g/mol. The fourth-order valence-corrected chi connectivity index (χ4v) is 2.67. The number of nitrogens with two attached hydrogens (primary N) is 1. The highest BCUT2D eigenvalue weighted by molar-refractivity contribution is 5.93. The van der Waals surface area contributed by atoms with Gasteiger partial charge in [-0.1, -0.05) is 60.7 Å². The fourth-order valence-electron chi connectivity index (χ4n) is 2.67. The molecule has 132 valence electrons. The van der Waals surface area contributed by atoms with E-state index in [1.54, 1.807) is 6.07 Å². The van der Waals surface area contributed by atoms with E-state index in [4.69, 9.17) is 15.2 Å². The van der Waals surface area contributed by atoms with Crippen LogP contribution in [0.3, 0.4) is 0 Å². The van der Waals surface area contributed by atoms with Crippen molar-refractivity contribution in [1.29, 1.82) is 0 Å². The van der Waals surface area contributed by atoms with Gasteiger partial charge in [-0.05, 0) is 34.4 Å². The van der Waals surface area contributed by atoms with Gasteiger partial charge < -0.3 is 15.2 Å². The maximum atomic E-state index is 12.1. The average Bonchev–Trinajstić information content (AvgIpc) is 2.72. The zero-order valence-corrected chi connectivity index (χ0v) is 14.6. The molecule has 0 aliphatic rings. The number of hydrogen-bond donors (Lipinski definition) is 1. The van der Waals surface area contributed by atoms with Crippen LogP contribution in [-0.2, 0) is 17.9 Å². The summed E-state index contributed by atoms with van der Waals surface area (Å²) in [6.45, 7) is 0.882. The molecule has 0 bridgehead atoms. The fraction of sp³-hybridized carbons (Fsp3) is 0.136. The first kappa shape index (κ1) is 17.7. The van der Waals surface area contributed by atoms with E-state index in [0.717, 1.165) is 22.3 Å². The molecule has 3 aromatic rings. The predicted molar refractivity (Wildman–Crippen MR) is 102 cm³/mol. The number of hydrogen-bond acceptors (Lipinski definition) is 4. The van der Waals surface area contributed by atoms with Gasteiger partial charge in [0.25, 0.3) is 0 Å². The third kappa shape index (κ3) is 4.10. The molecule has 4 heteroatoms. The Morgan fingerprint density at radius 2 is 1.58 bits per heavy atom. The van der Waals surface area contributed by atoms with Gasteiger partial charge in [0.15, 0.2) is 0 Å². The summed E-state index contributed by atoms with van der Waals surface area (Å²) >= 11 is 0. The predicted octanol–water partition coefficient (Wildman–Crippen LogP) is 4.18. The minimum atomic E-state index is -0.418. The molecule has 0 heterocycles. The van der Waals surface area contributed by atoms with Gasteiger partial charge in [-0.2, -0.15) is 0 Å². The van der Waals surface area contributed by atoms with Gasteiger partial charge in [0.05, 0.1) is 7.11 Å². The van der Waals surface area contributed by atoms with E-state index in [1.165, 1.54) is 7.11 Å². The third-order valence-corrected chi connectivity index (χ3v) is 4.15. The zero-order valence-electron chi connectivity index (χ0n) is 14.6. The van der Waals surface area contributed by atoms with Gasteiger partial charge in [0.1, 0.15) is 17.9 Å². The molecule has 0 aliphatic carbocycles. The lowest BCUT2D eigenvalue weighted by molar-refractivity contribution is 0.0595. The zero-order chi connectivity index (χ0) is 18.4. The quantitative estimate of drug-likeness (QED) is 0.680. The standard InChI is InChI=1S/C22H21NO3/c1-25-22(24)20-12-11-19(18-9-7-16(14-23)8-10-18)13-21(20)26-15-17-5-3-2-4-6-17/h2-13H,14-15,23H2,1H3. The largest absolute Gasteiger partial charge is 0.488 e. The second kappa shape index (κ2) is 8.32. The van der Waals surface area contributed by atoms with Crippen molar-refractivity contribution in [3.63, 3.8) is 0 Å². The van der Waals surface area contributed by atoms with Crippen molar-refractivity contribution in [3.8, 4) is 16.9 Å². The van der Waals surface area contributed by atoms with Crippen molar-refractivity contribution in [2.45, 2.75) is 13.2 Å². The molecule has 0 amide bonds. The van der Waals surface area contributed by atoms with Crippen LogP contribution in [0.25, 0.3) is 11.1 Å². The molecule has 0 saturated heterocycles. The van der Waals surface area contributed by atoms with Gasteiger partial charge in [0.2, 0.25) is 0 Å². The number of carbonyl (C=O) groups excluding carboxylic acids is 1. The van der Waals surface area contributed by atoms with Crippen LogP contribution in [-0.4, -0.2) is 13.1 Å². The molecule has 0 fully saturated rings. The average molecular weight is 347 g/mol. The highest BCUT2D eigenvalue weighted by Gasteiger charge is 2.14. The summed E-state index contributed by atoms with van der Waals surface area (Å²) in [6.07, 6.45) is 0. The normalized spacial score (nSPS) is 10.4. The van der Waals surface area contributed by atoms with E-state index in [1.807, 2.05) is 66.7 Å². The van der Waals surface area contributed by atoms with E-state index in [0.29, 0.717) is 24.5 Å². The Kier molecular flexibility index (Phi) is 5.66. The van der Waals surface area contributed by atoms with Crippen LogP contribution in [0.5, 0.6) is 5.75 Å². The molecule has 0 unspecified atom stereocenters. The summed E-state index contributed by atoms with van der Waals surface area (Å²) in [4.78, 5) is 12.1. The minimum absolute atomic E-state index is 0.375. The smallest absolute Gasteiger partial charge is 0.341 e. The molecule has 3 rings (SSSR count). The molecule has 26 heavy (non-hydrogen) atoms. The van der Waals surface area contributed by atoms with E-state index >= 15 is 0 Å². The van der Waals surface area contributed by atoms with E-state index < -0.39 is 5.97 Å². The van der Waals surface area contributed by atoms with Crippen molar-refractivity contribution < 1.29 is 14.3 Å². The van der Waals surface area contributed by atoms with E-state index in [2.05, 4.69) is 0 Å². The number of methoxy groups -OCH3 is 1. The molecule has 3 aromatic carbocycles. The van der Waals surface area contributed by atoms with Gasteiger partial charge in [-0.15, -0.1) is 0 Å². The topological polar surface area (TPSA) is 61.5 Å². The van der Waals surface area contributed by atoms with Crippen LogP contribution in [0.4, 0.5) is 0 Å². The number of benzene rings is 3. The number of rotatable bonds is 6. The molecular weight excluding hydrogens is 326 g/mol. The molecule has 2 N–H and O–H groups in total. The Bertz CT molecular complexity index is 874. The Balaban J connectivity index is 1.91. The molecule has 0 radical (unpaired) electrons. The van der Waals surface area contributed by atoms with Gasteiger partial charge in [0, 0.05) is 6.54 Å². The maximum absolute atomic E-state index is 12.1. The molecule has 0 aliphatic heterocycles. The van der Waals surface area contributed by atoms with Crippen molar-refractivity contribution in [2.75, 3.05) is 7.11 Å². The SMILES string of the molecule is COC(=O)c1ccc(-c2ccc(CN)cc2)cc1OCc1ccccc1. The summed E-state index contributed by atoms with van der Waals surface area (Å²) in [6, 6.07) is 23.3. The van der Waals surface area contributed by atoms with Crippen LogP contribution in [0, 0.1) is 0 Å². The Labute approximate surface area is 153 Å². The van der Waals surface area contributed by atoms with Crippen LogP contribution in [0.15, 0.2) is 72.8 Å². The first-order valence-electron chi connectivity index (χ1n) is 8.39. The molecule has 0 spiro atoms. The first-order chi connectivity index (χ1) is 12.7. The highest BCUT2D eigenvalue weighted by Crippen LogP contribution is 2.29. The number of ether oxygens (including phenoxy) is 2. The van der Waals surface area contributed by atoms with Crippen LogP contribution >= 0.6 is 0 Å². The second-order valence-corrected chi connectivity index (χ2v) is 5.88. The summed E-state index contributed by atoms with van der Waals surface area (Å²) in [5.41, 5.74) is 10.2. The lowest BCUT2D eigenvalue weighted by Gasteiger charge is -2.13. The van der Waals surface area contributed by atoms with Crippen molar-refractivity contribution >= 4 is 5.97 Å². The first-order valence-corrected chi connectivity index (χ1v) is 8.39. The molecular formula is C22H21NO3. The second-order valence-electron chi connectivity index (χ2n) is 5.88. The Morgan fingerprint density at radius 1 is 0.885 bits per heavy atom. The Hall–Kier alpha value is -3.11. The van der Waals surface area contributed by atoms with Crippen molar-refractivity contribution in [1.82, 2.24) is 0 Å². The van der Waals surface area contributed by atoms with Gasteiger partial charge in [-0.25, -0.2) is 4.79 Å². The summed E-state index contributed by atoms with van der Waals surface area (Å²) in [5, 5.41) is 0. The maximum Gasteiger partial charge on any atom is 0.341 e. The summed E-state index contributed by atoms with van der Waals surface area (Å²) < 4.78 is 10.8. The number of carbonyl (C=O) groups is 1. The molecule has 4 nitrogen and oxygen atoms in total. The van der Waals surface area contributed by atoms with Crippen LogP contribution < -0.4 is 10.5 Å². The van der Waals surface area contributed by atoms with Gasteiger partial charge >= 0.3 is 5.97 Å². The van der Waals surface area contributed by atoms with Gasteiger partial charge in [-0.3, -0.25) is 0 Å². The van der Waals surface area contributed by atoms with Crippen molar-refractivity contribution in [2.24, 2.45) is 5.73 Å². The lowest BCUT2D eigenvalue weighted by Crippen LogP contribution is -2.06. The van der Waals surface area contributed by atoms with E-state index in [-0.39, 0.29) is 0 Å². The third-order valence-electron chi connectivity index (χ3n) is 4.15.